The number of fused-ring (bicyclic) bond motifs is 2. The Bertz CT molecular complexity index is 975. The number of anilines is 2. The Hall–Kier alpha value is -3.16. The van der Waals surface area contributed by atoms with Crippen LogP contribution in [-0.4, -0.2) is 48.9 Å². The maximum absolute atomic E-state index is 15.2. The highest BCUT2D eigenvalue weighted by Gasteiger charge is 2.45. The first-order valence-corrected chi connectivity index (χ1v) is 8.63. The lowest BCUT2D eigenvalue weighted by Crippen LogP contribution is -2.30. The molecule has 27 heavy (non-hydrogen) atoms. The third kappa shape index (κ3) is 2.59. The molecule has 1 aromatic heterocycles. The molecule has 0 unspecified atom stereocenters. The van der Waals surface area contributed by atoms with E-state index in [9.17, 15) is 9.59 Å². The van der Waals surface area contributed by atoms with Crippen molar-refractivity contribution in [3.05, 3.63) is 41.3 Å². The molecule has 0 radical (unpaired) electrons. The summed E-state index contributed by atoms with van der Waals surface area (Å²) in [5.41, 5.74) is 7.10. The minimum absolute atomic E-state index is 0.00687. The van der Waals surface area contributed by atoms with Crippen molar-refractivity contribution in [2.24, 2.45) is 0 Å². The maximum Gasteiger partial charge on any atom is 0.258 e. The Morgan fingerprint density at radius 2 is 2.04 bits per heavy atom. The molecule has 8 heteroatoms. The Morgan fingerprint density at radius 3 is 2.70 bits per heavy atom. The Balaban J connectivity index is 1.82. The van der Waals surface area contributed by atoms with Crippen LogP contribution < -0.4 is 16.4 Å². The van der Waals surface area contributed by atoms with Crippen LogP contribution in [0.25, 0.3) is 11.1 Å². The number of rotatable bonds is 2. The Kier molecular flexibility index (Phi) is 3.80. The van der Waals surface area contributed by atoms with E-state index in [1.165, 1.54) is 11.0 Å². The summed E-state index contributed by atoms with van der Waals surface area (Å²) in [5, 5.41) is 6.08. The first kappa shape index (κ1) is 17.3. The molecule has 2 aliphatic rings. The molecule has 1 aromatic carbocycles. The number of benzene rings is 1. The maximum atomic E-state index is 15.2. The van der Waals surface area contributed by atoms with Gasteiger partial charge in [0, 0.05) is 67.6 Å². The normalized spacial score (nSPS) is 20.3. The van der Waals surface area contributed by atoms with E-state index in [1.54, 1.807) is 26.4 Å². The summed E-state index contributed by atoms with van der Waals surface area (Å²) >= 11 is 0. The second-order valence-electron chi connectivity index (χ2n) is 7.30. The van der Waals surface area contributed by atoms with E-state index in [2.05, 4.69) is 15.6 Å². The van der Waals surface area contributed by atoms with Crippen LogP contribution in [0, 0.1) is 5.82 Å². The van der Waals surface area contributed by atoms with Crippen LogP contribution in [0.1, 0.15) is 22.3 Å². The first-order chi connectivity index (χ1) is 12.8. The van der Waals surface area contributed by atoms with E-state index < -0.39 is 11.7 Å². The van der Waals surface area contributed by atoms with Crippen LogP contribution in [0.5, 0.6) is 0 Å². The lowest BCUT2D eigenvalue weighted by molar-refractivity contribution is -0.119. The highest BCUT2D eigenvalue weighted by molar-refractivity contribution is 6.00. The van der Waals surface area contributed by atoms with E-state index in [1.807, 2.05) is 6.07 Å². The van der Waals surface area contributed by atoms with Crippen molar-refractivity contribution in [1.82, 2.24) is 15.2 Å². The highest BCUT2D eigenvalue weighted by Crippen LogP contribution is 2.42. The molecule has 1 fully saturated rings. The molecule has 0 aliphatic carbocycles. The fourth-order valence-corrected chi connectivity index (χ4v) is 3.78. The van der Waals surface area contributed by atoms with Gasteiger partial charge in [-0.1, -0.05) is 0 Å². The number of nitrogen functional groups attached to an aromatic ring is 1. The minimum Gasteiger partial charge on any atom is -0.398 e. The number of nitrogens with two attached hydrogens (primary N) is 1. The largest absolute Gasteiger partial charge is 0.398 e. The second-order valence-corrected chi connectivity index (χ2v) is 7.30. The molecule has 7 nitrogen and oxygen atoms in total. The van der Waals surface area contributed by atoms with Gasteiger partial charge in [0.05, 0.1) is 5.56 Å². The molecule has 4 N–H and O–H groups in total. The second kappa shape index (κ2) is 5.94. The molecule has 2 amide bonds. The summed E-state index contributed by atoms with van der Waals surface area (Å²) in [6.07, 6.45) is 1.93. The summed E-state index contributed by atoms with van der Waals surface area (Å²) < 4.78 is 15.2. The van der Waals surface area contributed by atoms with Crippen LogP contribution in [0.3, 0.4) is 0 Å². The number of nitrogens with one attached hydrogen (secondary N) is 2. The van der Waals surface area contributed by atoms with Crippen LogP contribution in [0.15, 0.2) is 24.4 Å². The van der Waals surface area contributed by atoms with Crippen LogP contribution in [0.4, 0.5) is 15.9 Å². The molecule has 3 heterocycles. The summed E-state index contributed by atoms with van der Waals surface area (Å²) in [6.45, 7) is 1.12. The molecule has 1 atom stereocenters. The van der Waals surface area contributed by atoms with Gasteiger partial charge in [0.2, 0.25) is 5.91 Å². The molecule has 0 bridgehead atoms. The Labute approximate surface area is 155 Å². The van der Waals surface area contributed by atoms with Gasteiger partial charge in [-0.2, -0.15) is 0 Å². The highest BCUT2D eigenvalue weighted by atomic mass is 19.1. The number of carbonyl (C=O) groups excluding carboxylic acids is 2. The number of aromatic nitrogens is 1. The molecule has 1 spiro atoms. The summed E-state index contributed by atoms with van der Waals surface area (Å²) in [4.78, 5) is 29.8. The number of pyridine rings is 1. The Morgan fingerprint density at radius 1 is 1.30 bits per heavy atom. The molecule has 2 aromatic rings. The van der Waals surface area contributed by atoms with E-state index in [0.29, 0.717) is 30.9 Å². The SMILES string of the molecule is CN(C)C(=O)c1c(N)ccc(-c2cnc3c(c2)[C@@]2(CNC(=O)C2)CN3)c1F. The first-order valence-electron chi connectivity index (χ1n) is 8.63. The van der Waals surface area contributed by atoms with Gasteiger partial charge in [0.25, 0.3) is 5.91 Å². The smallest absolute Gasteiger partial charge is 0.258 e. The van der Waals surface area contributed by atoms with Gasteiger partial charge in [-0.25, -0.2) is 9.37 Å². The van der Waals surface area contributed by atoms with Gasteiger partial charge < -0.3 is 21.3 Å². The van der Waals surface area contributed by atoms with Gasteiger partial charge in [-0.3, -0.25) is 9.59 Å². The van der Waals surface area contributed by atoms with E-state index >= 15 is 4.39 Å². The quantitative estimate of drug-likeness (QED) is 0.694. The zero-order valence-electron chi connectivity index (χ0n) is 15.1. The fraction of sp³-hybridized carbons (Fsp3) is 0.316. The topological polar surface area (TPSA) is 100 Å². The monoisotopic (exact) mass is 369 g/mol. The average molecular weight is 369 g/mol. The number of hydrogen-bond donors (Lipinski definition) is 3. The number of carbonyl (C=O) groups is 2. The number of nitrogens with zero attached hydrogens (tertiary/aromatic N) is 2. The van der Waals surface area contributed by atoms with Crippen molar-refractivity contribution in [3.63, 3.8) is 0 Å². The van der Waals surface area contributed by atoms with Crippen LogP contribution in [-0.2, 0) is 10.2 Å². The van der Waals surface area contributed by atoms with Crippen molar-refractivity contribution in [1.29, 1.82) is 0 Å². The molecule has 4 rings (SSSR count). The van der Waals surface area contributed by atoms with Crippen molar-refractivity contribution in [2.45, 2.75) is 11.8 Å². The summed E-state index contributed by atoms with van der Waals surface area (Å²) in [7, 11) is 3.09. The van der Waals surface area contributed by atoms with Crippen LogP contribution >= 0.6 is 0 Å². The van der Waals surface area contributed by atoms with E-state index in [4.69, 9.17) is 5.73 Å². The van der Waals surface area contributed by atoms with Gasteiger partial charge in [0.15, 0.2) is 0 Å². The standard InChI is InChI=1S/C19H20FN5O2/c1-25(2)18(27)15-13(21)4-3-11(16(15)20)10-5-12-17(22-7-10)24-9-19(12)6-14(26)23-8-19/h3-5,7H,6,8-9,21H2,1-2H3,(H,22,24)(H,23,26)/t19-/m0/s1. The lowest BCUT2D eigenvalue weighted by atomic mass is 9.81. The third-order valence-electron chi connectivity index (χ3n) is 5.28. The number of hydrogen-bond acceptors (Lipinski definition) is 5. The summed E-state index contributed by atoms with van der Waals surface area (Å²) in [6, 6.07) is 4.92. The number of halogens is 1. The third-order valence-corrected chi connectivity index (χ3v) is 5.28. The van der Waals surface area contributed by atoms with E-state index in [-0.39, 0.29) is 28.1 Å². The minimum atomic E-state index is -0.670. The number of amides is 2. The molecule has 140 valence electrons. The van der Waals surface area contributed by atoms with Gasteiger partial charge >= 0.3 is 0 Å². The zero-order valence-corrected chi connectivity index (χ0v) is 15.1. The molecular weight excluding hydrogens is 349 g/mol. The molecule has 1 saturated heterocycles. The predicted octanol–water partition coefficient (Wildman–Crippen LogP) is 1.35. The average Bonchev–Trinajstić information content (AvgIpc) is 3.18. The van der Waals surface area contributed by atoms with Crippen molar-refractivity contribution >= 4 is 23.3 Å². The van der Waals surface area contributed by atoms with Gasteiger partial charge in [0.1, 0.15) is 11.6 Å². The van der Waals surface area contributed by atoms with Crippen molar-refractivity contribution in [3.8, 4) is 11.1 Å². The van der Waals surface area contributed by atoms with E-state index in [0.717, 1.165) is 5.56 Å². The van der Waals surface area contributed by atoms with Gasteiger partial charge in [-0.05, 0) is 18.2 Å². The predicted molar refractivity (Wildman–Crippen MR) is 99.9 cm³/mol. The van der Waals surface area contributed by atoms with Crippen molar-refractivity contribution < 1.29 is 14.0 Å². The zero-order chi connectivity index (χ0) is 19.3. The fourth-order valence-electron chi connectivity index (χ4n) is 3.78. The molecular formula is C19H20FN5O2. The van der Waals surface area contributed by atoms with Gasteiger partial charge in [-0.15, -0.1) is 0 Å². The van der Waals surface area contributed by atoms with Crippen LogP contribution in [0.2, 0.25) is 0 Å². The molecule has 2 aliphatic heterocycles. The van der Waals surface area contributed by atoms with Crippen molar-refractivity contribution in [2.75, 3.05) is 38.2 Å². The lowest BCUT2D eigenvalue weighted by Gasteiger charge is -2.21. The summed E-state index contributed by atoms with van der Waals surface area (Å²) in [5.74, 6) is -0.468. The molecule has 0 saturated carbocycles.